The molecule has 0 bridgehead atoms. The molecule has 0 saturated heterocycles. The minimum atomic E-state index is -0.496. The summed E-state index contributed by atoms with van der Waals surface area (Å²) < 4.78 is 0. The normalized spacial score (nSPS) is 12.9. The van der Waals surface area contributed by atoms with Crippen LogP contribution in [0.4, 0.5) is 0 Å². The zero-order valence-corrected chi connectivity index (χ0v) is 10.3. The Hall–Kier alpha value is -1.61. The molecule has 0 heterocycles. The molecular weight excluding hydrogens is 214 g/mol. The second kappa shape index (κ2) is 6.86. The van der Waals surface area contributed by atoms with Crippen LogP contribution in [0.1, 0.15) is 19.4 Å². The van der Waals surface area contributed by atoms with Gasteiger partial charge in [-0.05, 0) is 17.6 Å². The van der Waals surface area contributed by atoms with Crippen LogP contribution in [0.25, 0.3) is 6.08 Å². The summed E-state index contributed by atoms with van der Waals surface area (Å²) in [4.78, 5) is 11.4. The van der Waals surface area contributed by atoms with Crippen LogP contribution in [-0.2, 0) is 4.79 Å². The predicted octanol–water partition coefficient (Wildman–Crippen LogP) is 1.83. The second-order valence-electron chi connectivity index (χ2n) is 4.30. The van der Waals surface area contributed by atoms with Crippen LogP contribution in [0.3, 0.4) is 0 Å². The monoisotopic (exact) mass is 233 g/mol. The van der Waals surface area contributed by atoms with Gasteiger partial charge >= 0.3 is 0 Å². The molecule has 0 radical (unpaired) electrons. The minimum Gasteiger partial charge on any atom is -0.391 e. The number of aliphatic hydroxyl groups is 1. The first-order valence-electron chi connectivity index (χ1n) is 5.78. The maximum Gasteiger partial charge on any atom is 0.244 e. The van der Waals surface area contributed by atoms with E-state index in [9.17, 15) is 9.90 Å². The number of carbonyl (C=O) groups is 1. The van der Waals surface area contributed by atoms with E-state index in [0.717, 1.165) is 5.56 Å². The van der Waals surface area contributed by atoms with Crippen LogP contribution in [0, 0.1) is 5.92 Å². The lowest BCUT2D eigenvalue weighted by Gasteiger charge is -2.13. The molecule has 92 valence electrons. The highest BCUT2D eigenvalue weighted by molar-refractivity contribution is 5.91. The van der Waals surface area contributed by atoms with Crippen molar-refractivity contribution in [1.82, 2.24) is 5.32 Å². The molecule has 1 aromatic carbocycles. The first-order valence-corrected chi connectivity index (χ1v) is 5.78. The Morgan fingerprint density at radius 3 is 2.59 bits per heavy atom. The molecule has 1 rings (SSSR count). The molecule has 1 aromatic rings. The van der Waals surface area contributed by atoms with Crippen molar-refractivity contribution >= 4 is 12.0 Å². The molecule has 0 fully saturated rings. The number of aliphatic hydroxyl groups excluding tert-OH is 1. The van der Waals surface area contributed by atoms with Crippen LogP contribution >= 0.6 is 0 Å². The van der Waals surface area contributed by atoms with Gasteiger partial charge < -0.3 is 10.4 Å². The Kier molecular flexibility index (Phi) is 5.43. The fraction of sp³-hybridized carbons (Fsp3) is 0.357. The summed E-state index contributed by atoms with van der Waals surface area (Å²) in [6.07, 6.45) is 2.73. The highest BCUT2D eigenvalue weighted by Gasteiger charge is 2.09. The fourth-order valence-corrected chi connectivity index (χ4v) is 1.24. The molecule has 0 aliphatic carbocycles. The van der Waals surface area contributed by atoms with Crippen molar-refractivity contribution in [3.8, 4) is 0 Å². The van der Waals surface area contributed by atoms with Gasteiger partial charge in [-0.2, -0.15) is 0 Å². The minimum absolute atomic E-state index is 0.147. The summed E-state index contributed by atoms with van der Waals surface area (Å²) in [5, 5.41) is 12.2. The Balaban J connectivity index is 2.37. The molecule has 2 N–H and O–H groups in total. The second-order valence-corrected chi connectivity index (χ2v) is 4.30. The lowest BCUT2D eigenvalue weighted by Crippen LogP contribution is -2.33. The number of carbonyl (C=O) groups excluding carboxylic acids is 1. The number of hydrogen-bond acceptors (Lipinski definition) is 2. The third-order valence-corrected chi connectivity index (χ3v) is 2.48. The van der Waals surface area contributed by atoms with Crippen molar-refractivity contribution in [2.75, 3.05) is 6.54 Å². The summed E-state index contributed by atoms with van der Waals surface area (Å²) in [6.45, 7) is 4.11. The van der Waals surface area contributed by atoms with Gasteiger partial charge in [0.05, 0.1) is 6.10 Å². The predicted molar refractivity (Wildman–Crippen MR) is 69.3 cm³/mol. The van der Waals surface area contributed by atoms with Gasteiger partial charge in [0, 0.05) is 12.6 Å². The molecule has 0 aromatic heterocycles. The van der Waals surface area contributed by atoms with E-state index in [1.165, 1.54) is 6.08 Å². The lowest BCUT2D eigenvalue weighted by atomic mass is 10.1. The van der Waals surface area contributed by atoms with Gasteiger partial charge in [0.1, 0.15) is 0 Å². The quantitative estimate of drug-likeness (QED) is 0.762. The van der Waals surface area contributed by atoms with Gasteiger partial charge in [0.15, 0.2) is 0 Å². The Bertz CT molecular complexity index is 371. The van der Waals surface area contributed by atoms with Crippen molar-refractivity contribution in [3.63, 3.8) is 0 Å². The van der Waals surface area contributed by atoms with Gasteiger partial charge in [-0.1, -0.05) is 44.2 Å². The van der Waals surface area contributed by atoms with Gasteiger partial charge in [0.2, 0.25) is 5.91 Å². The van der Waals surface area contributed by atoms with Crippen LogP contribution in [0.2, 0.25) is 0 Å². The van der Waals surface area contributed by atoms with Gasteiger partial charge in [-0.15, -0.1) is 0 Å². The first kappa shape index (κ1) is 13.5. The summed E-state index contributed by atoms with van der Waals surface area (Å²) in [5.41, 5.74) is 0.979. The van der Waals surface area contributed by atoms with E-state index in [4.69, 9.17) is 0 Å². The smallest absolute Gasteiger partial charge is 0.244 e. The van der Waals surface area contributed by atoms with Crippen LogP contribution < -0.4 is 5.32 Å². The summed E-state index contributed by atoms with van der Waals surface area (Å²) >= 11 is 0. The third-order valence-electron chi connectivity index (χ3n) is 2.48. The standard InChI is InChI=1S/C14H19NO2/c1-11(2)13(16)10-15-14(17)9-8-12-6-4-3-5-7-12/h3-9,11,13,16H,10H2,1-2H3,(H,15,17)/b9-8+. The maximum absolute atomic E-state index is 11.4. The number of nitrogens with one attached hydrogen (secondary N) is 1. The van der Waals surface area contributed by atoms with E-state index >= 15 is 0 Å². The van der Waals surface area contributed by atoms with Gasteiger partial charge in [-0.25, -0.2) is 0 Å². The number of rotatable bonds is 5. The lowest BCUT2D eigenvalue weighted by molar-refractivity contribution is -0.117. The first-order chi connectivity index (χ1) is 8.09. The molecular formula is C14H19NO2. The Morgan fingerprint density at radius 2 is 2.00 bits per heavy atom. The van der Waals surface area contributed by atoms with E-state index in [1.807, 2.05) is 44.2 Å². The molecule has 1 unspecified atom stereocenters. The van der Waals surface area contributed by atoms with Crippen LogP contribution in [-0.4, -0.2) is 23.7 Å². The van der Waals surface area contributed by atoms with E-state index < -0.39 is 6.10 Å². The van der Waals surface area contributed by atoms with E-state index in [-0.39, 0.29) is 18.4 Å². The number of hydrogen-bond donors (Lipinski definition) is 2. The van der Waals surface area contributed by atoms with Crippen molar-refractivity contribution in [2.24, 2.45) is 5.92 Å². The summed E-state index contributed by atoms with van der Waals surface area (Å²) in [7, 11) is 0. The van der Waals surface area contributed by atoms with Gasteiger partial charge in [0.25, 0.3) is 0 Å². The third kappa shape index (κ3) is 5.31. The maximum atomic E-state index is 11.4. The summed E-state index contributed by atoms with van der Waals surface area (Å²) in [6, 6.07) is 9.61. The molecule has 0 saturated carbocycles. The molecule has 0 aliphatic rings. The molecule has 0 spiro atoms. The molecule has 17 heavy (non-hydrogen) atoms. The molecule has 0 aliphatic heterocycles. The molecule has 3 nitrogen and oxygen atoms in total. The van der Waals surface area contributed by atoms with Gasteiger partial charge in [-0.3, -0.25) is 4.79 Å². The van der Waals surface area contributed by atoms with Crippen molar-refractivity contribution < 1.29 is 9.90 Å². The van der Waals surface area contributed by atoms with Crippen LogP contribution in [0.5, 0.6) is 0 Å². The van der Waals surface area contributed by atoms with E-state index in [0.29, 0.717) is 0 Å². The average Bonchev–Trinajstić information content (AvgIpc) is 2.34. The van der Waals surface area contributed by atoms with Crippen molar-refractivity contribution in [1.29, 1.82) is 0 Å². The Morgan fingerprint density at radius 1 is 1.35 bits per heavy atom. The highest BCUT2D eigenvalue weighted by Crippen LogP contribution is 2.01. The van der Waals surface area contributed by atoms with Crippen LogP contribution in [0.15, 0.2) is 36.4 Å². The zero-order chi connectivity index (χ0) is 12.7. The molecule has 1 amide bonds. The van der Waals surface area contributed by atoms with Crippen molar-refractivity contribution in [2.45, 2.75) is 20.0 Å². The molecule has 1 atom stereocenters. The topological polar surface area (TPSA) is 49.3 Å². The largest absolute Gasteiger partial charge is 0.391 e. The average molecular weight is 233 g/mol. The SMILES string of the molecule is CC(C)C(O)CNC(=O)/C=C/c1ccccc1. The highest BCUT2D eigenvalue weighted by atomic mass is 16.3. The fourth-order valence-electron chi connectivity index (χ4n) is 1.24. The van der Waals surface area contributed by atoms with Crippen molar-refractivity contribution in [3.05, 3.63) is 42.0 Å². The Labute approximate surface area is 102 Å². The number of amides is 1. The zero-order valence-electron chi connectivity index (χ0n) is 10.3. The number of benzene rings is 1. The molecule has 3 heteroatoms. The van der Waals surface area contributed by atoms with E-state index in [1.54, 1.807) is 6.08 Å². The van der Waals surface area contributed by atoms with E-state index in [2.05, 4.69) is 5.32 Å². The summed E-state index contributed by atoms with van der Waals surface area (Å²) in [5.74, 6) is -0.0399.